The molecule has 0 bridgehead atoms. The third kappa shape index (κ3) is 4.06. The lowest BCUT2D eigenvalue weighted by molar-refractivity contribution is -0.165. The minimum atomic E-state index is -1.23. The van der Waals surface area contributed by atoms with E-state index in [1.807, 2.05) is 23.0 Å². The zero-order valence-corrected chi connectivity index (χ0v) is 18.2. The SMILES string of the molecule is CCN(OC(=O)/C=C\C(=O)O)C(=S)Nn1cc2c3c(cccc31)C1=CCCN(C)[C@@H]1C2. The fourth-order valence-corrected chi connectivity index (χ4v) is 4.52. The van der Waals surface area contributed by atoms with Crippen molar-refractivity contribution in [3.8, 4) is 0 Å². The number of fused-ring (bicyclic) bond motifs is 2. The summed E-state index contributed by atoms with van der Waals surface area (Å²) < 4.78 is 1.86. The summed E-state index contributed by atoms with van der Waals surface area (Å²) in [6, 6.07) is 6.60. The summed E-state index contributed by atoms with van der Waals surface area (Å²) in [6.07, 6.45) is 7.92. The Morgan fingerprint density at radius 1 is 1.39 bits per heavy atom. The Morgan fingerprint density at radius 3 is 2.94 bits per heavy atom. The van der Waals surface area contributed by atoms with Gasteiger partial charge in [-0.3, -0.25) is 15.0 Å². The Morgan fingerprint density at radius 2 is 2.19 bits per heavy atom. The van der Waals surface area contributed by atoms with Crippen LogP contribution in [0.1, 0.15) is 24.5 Å². The van der Waals surface area contributed by atoms with E-state index in [1.165, 1.54) is 27.1 Å². The summed E-state index contributed by atoms with van der Waals surface area (Å²) in [4.78, 5) is 30.0. The zero-order chi connectivity index (χ0) is 22.1. The third-order valence-corrected chi connectivity index (χ3v) is 5.96. The second-order valence-electron chi connectivity index (χ2n) is 7.57. The standard InChI is InChI=1S/C22H24N4O4S/c1-3-26(30-20(29)10-9-19(27)28)22(31)23-25-13-14-12-18-15(7-5-11-24(18)2)16-6-4-8-17(25)21(14)16/h4,6-10,13,18H,3,5,11-12H2,1-2H3,(H,23,31)(H,27,28)/b10-9-/t18-/m1/s1. The monoisotopic (exact) mass is 440 g/mol. The third-order valence-electron chi connectivity index (χ3n) is 5.66. The minimum Gasteiger partial charge on any atom is -0.478 e. The number of aliphatic carboxylic acids is 1. The van der Waals surface area contributed by atoms with Gasteiger partial charge in [0, 0.05) is 36.3 Å². The summed E-state index contributed by atoms with van der Waals surface area (Å²) in [7, 11) is 2.17. The lowest BCUT2D eigenvalue weighted by Crippen LogP contribution is -2.39. The highest BCUT2D eigenvalue weighted by molar-refractivity contribution is 7.80. The number of thiocarbonyl (C=S) groups is 1. The van der Waals surface area contributed by atoms with Crippen molar-refractivity contribution in [1.29, 1.82) is 0 Å². The number of aromatic nitrogens is 1. The average Bonchev–Trinajstić information content (AvgIpc) is 3.09. The van der Waals surface area contributed by atoms with Crippen molar-refractivity contribution in [2.75, 3.05) is 25.6 Å². The number of nitrogens with zero attached hydrogens (tertiary/aromatic N) is 3. The number of carboxylic acids is 1. The van der Waals surface area contributed by atoms with E-state index in [0.29, 0.717) is 12.6 Å². The van der Waals surface area contributed by atoms with E-state index in [0.717, 1.165) is 37.1 Å². The topological polar surface area (TPSA) is 87.0 Å². The molecule has 9 heteroatoms. The molecule has 0 saturated carbocycles. The van der Waals surface area contributed by atoms with Crippen LogP contribution in [0.4, 0.5) is 0 Å². The highest BCUT2D eigenvalue weighted by atomic mass is 32.1. The first-order valence-electron chi connectivity index (χ1n) is 10.1. The highest BCUT2D eigenvalue weighted by Crippen LogP contribution is 2.40. The largest absolute Gasteiger partial charge is 0.478 e. The van der Waals surface area contributed by atoms with Crippen LogP contribution in [0.5, 0.6) is 0 Å². The maximum absolute atomic E-state index is 11.8. The van der Waals surface area contributed by atoms with Crippen LogP contribution in [0.3, 0.4) is 0 Å². The van der Waals surface area contributed by atoms with Crippen molar-refractivity contribution >= 4 is 45.7 Å². The quantitative estimate of drug-likeness (QED) is 0.426. The Balaban J connectivity index is 1.59. The Hall–Kier alpha value is -3.17. The minimum absolute atomic E-state index is 0.196. The van der Waals surface area contributed by atoms with E-state index in [9.17, 15) is 9.59 Å². The molecular formula is C22H24N4O4S. The summed E-state index contributed by atoms with van der Waals surface area (Å²) in [5.41, 5.74) is 7.99. The van der Waals surface area contributed by atoms with Crippen molar-refractivity contribution < 1.29 is 19.5 Å². The van der Waals surface area contributed by atoms with E-state index < -0.39 is 11.9 Å². The fourth-order valence-electron chi connectivity index (χ4n) is 4.26. The number of hydrogen-bond donors (Lipinski definition) is 2. The number of carboxylic acid groups (broad SMARTS) is 1. The summed E-state index contributed by atoms with van der Waals surface area (Å²) in [5, 5.41) is 11.3. The Labute approximate surface area is 185 Å². The number of benzene rings is 1. The lowest BCUT2D eigenvalue weighted by Gasteiger charge is -2.36. The molecular weight excluding hydrogens is 416 g/mol. The van der Waals surface area contributed by atoms with Crippen molar-refractivity contribution in [1.82, 2.24) is 14.6 Å². The van der Waals surface area contributed by atoms with Crippen LogP contribution in [0.2, 0.25) is 0 Å². The van der Waals surface area contributed by atoms with E-state index in [2.05, 4.69) is 29.5 Å². The molecule has 2 heterocycles. The summed E-state index contributed by atoms with van der Waals surface area (Å²) in [6.45, 7) is 3.13. The van der Waals surface area contributed by atoms with Gasteiger partial charge < -0.3 is 9.94 Å². The van der Waals surface area contributed by atoms with Gasteiger partial charge >= 0.3 is 11.9 Å². The van der Waals surface area contributed by atoms with Gasteiger partial charge in [-0.25, -0.2) is 9.59 Å². The second-order valence-corrected chi connectivity index (χ2v) is 7.95. The molecule has 162 valence electrons. The van der Waals surface area contributed by atoms with Crippen molar-refractivity contribution in [3.63, 3.8) is 0 Å². The van der Waals surface area contributed by atoms with E-state index in [-0.39, 0.29) is 5.11 Å². The molecule has 8 nitrogen and oxygen atoms in total. The first-order chi connectivity index (χ1) is 14.9. The average molecular weight is 441 g/mol. The number of carbonyl (C=O) groups excluding carboxylic acids is 1. The summed E-state index contributed by atoms with van der Waals surface area (Å²) >= 11 is 5.45. The molecule has 0 unspecified atom stereocenters. The maximum atomic E-state index is 11.8. The van der Waals surface area contributed by atoms with Crippen molar-refractivity contribution in [2.45, 2.75) is 25.8 Å². The molecule has 4 rings (SSSR count). The van der Waals surface area contributed by atoms with Gasteiger partial charge in [0.1, 0.15) is 0 Å². The van der Waals surface area contributed by atoms with Gasteiger partial charge in [-0.05, 0) is 61.8 Å². The van der Waals surface area contributed by atoms with Crippen LogP contribution < -0.4 is 5.43 Å². The molecule has 2 aliphatic rings. The van der Waals surface area contributed by atoms with Gasteiger partial charge in [0.25, 0.3) is 0 Å². The van der Waals surface area contributed by atoms with Crippen LogP contribution in [0.25, 0.3) is 16.5 Å². The van der Waals surface area contributed by atoms with Crippen LogP contribution in [-0.4, -0.2) is 63.0 Å². The predicted molar refractivity (Wildman–Crippen MR) is 122 cm³/mol. The number of rotatable bonds is 4. The Kier molecular flexibility index (Phi) is 5.79. The zero-order valence-electron chi connectivity index (χ0n) is 17.4. The van der Waals surface area contributed by atoms with Gasteiger partial charge in [0.15, 0.2) is 0 Å². The molecule has 31 heavy (non-hydrogen) atoms. The maximum Gasteiger partial charge on any atom is 0.356 e. The van der Waals surface area contributed by atoms with Crippen LogP contribution in [-0.2, 0) is 20.8 Å². The van der Waals surface area contributed by atoms with Crippen LogP contribution in [0.15, 0.2) is 42.6 Å². The number of likely N-dealkylation sites (N-methyl/N-ethyl adjacent to an activating group) is 1. The van der Waals surface area contributed by atoms with Gasteiger partial charge in [-0.15, -0.1) is 0 Å². The molecule has 1 atom stereocenters. The molecule has 0 amide bonds. The first kappa shape index (κ1) is 21.1. The highest BCUT2D eigenvalue weighted by Gasteiger charge is 2.31. The summed E-state index contributed by atoms with van der Waals surface area (Å²) in [5.74, 6) is -2.04. The second kappa shape index (κ2) is 8.52. The van der Waals surface area contributed by atoms with Gasteiger partial charge in [0.2, 0.25) is 5.11 Å². The van der Waals surface area contributed by atoms with Crippen molar-refractivity contribution in [2.24, 2.45) is 0 Å². The number of carbonyl (C=O) groups is 2. The van der Waals surface area contributed by atoms with Crippen molar-refractivity contribution in [3.05, 3.63) is 53.8 Å². The molecule has 1 aromatic carbocycles. The van der Waals surface area contributed by atoms with Gasteiger partial charge in [-0.2, -0.15) is 5.06 Å². The van der Waals surface area contributed by atoms with E-state index in [1.54, 1.807) is 6.92 Å². The molecule has 1 aliphatic carbocycles. The molecule has 1 aliphatic heterocycles. The van der Waals surface area contributed by atoms with E-state index >= 15 is 0 Å². The normalized spacial score (nSPS) is 17.9. The lowest BCUT2D eigenvalue weighted by atomic mass is 9.82. The fraction of sp³-hybridized carbons (Fsp3) is 0.318. The predicted octanol–water partition coefficient (Wildman–Crippen LogP) is 2.53. The molecule has 0 fully saturated rings. The van der Waals surface area contributed by atoms with Crippen LogP contribution in [0, 0.1) is 0 Å². The molecule has 0 spiro atoms. The number of nitrogens with one attached hydrogen (secondary N) is 1. The molecule has 2 N–H and O–H groups in total. The molecule has 0 saturated heterocycles. The van der Waals surface area contributed by atoms with E-state index in [4.69, 9.17) is 22.2 Å². The van der Waals surface area contributed by atoms with Gasteiger partial charge in [-0.1, -0.05) is 18.2 Å². The van der Waals surface area contributed by atoms with Gasteiger partial charge in [0.05, 0.1) is 12.1 Å². The molecule has 1 aromatic heterocycles. The number of hydrogen-bond acceptors (Lipinski definition) is 5. The molecule has 2 aromatic rings. The smallest absolute Gasteiger partial charge is 0.356 e. The number of hydroxylamine groups is 2. The molecule has 0 radical (unpaired) electrons. The van der Waals surface area contributed by atoms with Crippen LogP contribution >= 0.6 is 12.2 Å². The Bertz CT molecular complexity index is 1120. The first-order valence-corrected chi connectivity index (χ1v) is 10.5.